The highest BCUT2D eigenvalue weighted by molar-refractivity contribution is 5.86. The number of benzene rings is 2. The van der Waals surface area contributed by atoms with E-state index in [0.717, 1.165) is 27.2 Å². The van der Waals surface area contributed by atoms with E-state index in [9.17, 15) is 19.8 Å². The number of aliphatic hydroxyl groups excluding tert-OH is 1. The third kappa shape index (κ3) is 8.63. The second kappa shape index (κ2) is 13.4. The molecule has 0 saturated heterocycles. The second-order valence-electron chi connectivity index (χ2n) is 11.2. The lowest BCUT2D eigenvalue weighted by molar-refractivity contribution is -0.130. The van der Waals surface area contributed by atoms with Gasteiger partial charge in [0.1, 0.15) is 6.04 Å². The van der Waals surface area contributed by atoms with Crippen LogP contribution in [0.4, 0.5) is 4.79 Å². The number of likely N-dealkylation sites (N-methyl/N-ethyl adjacent to an activating group) is 1. The number of nitrogens with zero attached hydrogens (tertiary/aromatic N) is 2. The van der Waals surface area contributed by atoms with Gasteiger partial charge in [0.15, 0.2) is 0 Å². The van der Waals surface area contributed by atoms with Gasteiger partial charge in [0.05, 0.1) is 12.1 Å². The van der Waals surface area contributed by atoms with E-state index in [1.807, 2.05) is 87.5 Å². The van der Waals surface area contributed by atoms with Crippen molar-refractivity contribution in [1.82, 2.24) is 15.2 Å². The zero-order valence-corrected chi connectivity index (χ0v) is 23.1. The van der Waals surface area contributed by atoms with Gasteiger partial charge in [-0.15, -0.1) is 0 Å². The number of hydrogen-bond acceptors (Lipinski definition) is 5. The molecule has 0 aliphatic heterocycles. The summed E-state index contributed by atoms with van der Waals surface area (Å²) in [5.74, 6) is -0.458. The van der Waals surface area contributed by atoms with E-state index < -0.39 is 35.6 Å². The molecule has 3 rings (SSSR count). The Morgan fingerprint density at radius 2 is 1.59 bits per heavy atom. The highest BCUT2D eigenvalue weighted by atomic mass is 16.4. The largest absolute Gasteiger partial charge is 0.465 e. The van der Waals surface area contributed by atoms with Crippen LogP contribution in [0.25, 0.3) is 11.1 Å². The molecule has 1 heterocycles. The fraction of sp³-hybridized carbons (Fsp3) is 0.387. The van der Waals surface area contributed by atoms with Crippen LogP contribution in [0.2, 0.25) is 0 Å². The number of aliphatic hydroxyl groups is 1. The van der Waals surface area contributed by atoms with Crippen LogP contribution >= 0.6 is 0 Å². The number of carbonyl (C=O) groups excluding carboxylic acids is 1. The molecule has 0 radical (unpaired) electrons. The summed E-state index contributed by atoms with van der Waals surface area (Å²) < 4.78 is 0. The molecule has 8 heteroatoms. The minimum absolute atomic E-state index is 0.266. The first-order valence-corrected chi connectivity index (χ1v) is 13.2. The van der Waals surface area contributed by atoms with Crippen LogP contribution in [-0.4, -0.2) is 63.4 Å². The third-order valence-corrected chi connectivity index (χ3v) is 6.84. The SMILES string of the molecule is CN(C(=O)O)[C@H](C(=O)N[C@@H](Cc1ccc(-c2cccnc2)cc1)[C@@H](O)C[C@@H](N)Cc1ccccc1)C(C)(C)C. The average molecular weight is 533 g/mol. The van der Waals surface area contributed by atoms with Gasteiger partial charge >= 0.3 is 6.09 Å². The van der Waals surface area contributed by atoms with Gasteiger partial charge in [0.2, 0.25) is 5.91 Å². The van der Waals surface area contributed by atoms with E-state index in [-0.39, 0.29) is 12.5 Å². The maximum absolute atomic E-state index is 13.5. The zero-order valence-electron chi connectivity index (χ0n) is 23.1. The number of amides is 2. The summed E-state index contributed by atoms with van der Waals surface area (Å²) in [6.45, 7) is 5.44. The molecule has 0 fully saturated rings. The van der Waals surface area contributed by atoms with E-state index in [1.54, 1.807) is 12.4 Å². The molecule has 5 N–H and O–H groups in total. The highest BCUT2D eigenvalue weighted by Crippen LogP contribution is 2.25. The molecule has 39 heavy (non-hydrogen) atoms. The quantitative estimate of drug-likeness (QED) is 0.294. The van der Waals surface area contributed by atoms with Gasteiger partial charge in [0, 0.05) is 25.5 Å². The summed E-state index contributed by atoms with van der Waals surface area (Å²) in [4.78, 5) is 30.4. The minimum atomic E-state index is -1.20. The molecule has 0 aliphatic carbocycles. The van der Waals surface area contributed by atoms with Crippen LogP contribution in [0.1, 0.15) is 38.3 Å². The van der Waals surface area contributed by atoms with Crippen molar-refractivity contribution < 1.29 is 19.8 Å². The number of aromatic nitrogens is 1. The number of nitrogens with one attached hydrogen (secondary N) is 1. The highest BCUT2D eigenvalue weighted by Gasteiger charge is 2.38. The predicted molar refractivity (Wildman–Crippen MR) is 153 cm³/mol. The molecule has 2 aromatic carbocycles. The maximum atomic E-state index is 13.5. The summed E-state index contributed by atoms with van der Waals surface area (Å²) in [6, 6.07) is 19.6. The summed E-state index contributed by atoms with van der Waals surface area (Å²) in [6.07, 6.45) is 2.59. The molecule has 2 amide bonds. The maximum Gasteiger partial charge on any atom is 0.407 e. The molecule has 0 bridgehead atoms. The number of pyridine rings is 1. The van der Waals surface area contributed by atoms with E-state index >= 15 is 0 Å². The lowest BCUT2D eigenvalue weighted by Gasteiger charge is -2.37. The molecule has 0 saturated carbocycles. The first-order valence-electron chi connectivity index (χ1n) is 13.2. The molecule has 8 nitrogen and oxygen atoms in total. The number of nitrogens with two attached hydrogens (primary N) is 1. The van der Waals surface area contributed by atoms with Crippen LogP contribution < -0.4 is 11.1 Å². The van der Waals surface area contributed by atoms with Crippen LogP contribution in [0.3, 0.4) is 0 Å². The zero-order chi connectivity index (χ0) is 28.6. The first kappa shape index (κ1) is 29.8. The Hall–Kier alpha value is -3.75. The molecular formula is C31H40N4O4. The van der Waals surface area contributed by atoms with E-state index in [2.05, 4.69) is 10.3 Å². The standard InChI is InChI=1S/C31H40N4O4/c1-31(2,3)28(35(4)30(38)39)29(37)34-26(27(36)19-25(32)17-21-9-6-5-7-10-21)18-22-12-14-23(15-13-22)24-11-8-16-33-20-24/h5-16,20,25-28,36H,17-19,32H2,1-4H3,(H,34,37)(H,38,39)/t25-,26-,27-,28+/m0/s1. The van der Waals surface area contributed by atoms with Crippen molar-refractivity contribution in [3.63, 3.8) is 0 Å². The second-order valence-corrected chi connectivity index (χ2v) is 11.2. The fourth-order valence-electron chi connectivity index (χ4n) is 4.90. The van der Waals surface area contributed by atoms with Gasteiger partial charge in [-0.25, -0.2) is 4.79 Å². The lowest BCUT2D eigenvalue weighted by atomic mass is 9.84. The Kier molecular flexibility index (Phi) is 10.2. The van der Waals surface area contributed by atoms with Crippen molar-refractivity contribution in [3.8, 4) is 11.1 Å². The Balaban J connectivity index is 1.81. The molecular weight excluding hydrogens is 492 g/mol. The van der Waals surface area contributed by atoms with Gasteiger partial charge in [-0.3, -0.25) is 14.7 Å². The summed E-state index contributed by atoms with van der Waals surface area (Å²) in [7, 11) is 1.39. The number of carbonyl (C=O) groups is 2. The van der Waals surface area contributed by atoms with Crippen molar-refractivity contribution in [1.29, 1.82) is 0 Å². The van der Waals surface area contributed by atoms with Gasteiger partial charge < -0.3 is 21.3 Å². The van der Waals surface area contributed by atoms with Crippen molar-refractivity contribution in [2.24, 2.45) is 11.1 Å². The fourth-order valence-corrected chi connectivity index (χ4v) is 4.90. The monoisotopic (exact) mass is 532 g/mol. The van der Waals surface area contributed by atoms with E-state index in [0.29, 0.717) is 12.8 Å². The van der Waals surface area contributed by atoms with Gasteiger partial charge in [-0.05, 0) is 53.0 Å². The van der Waals surface area contributed by atoms with Gasteiger partial charge in [-0.2, -0.15) is 0 Å². The average Bonchev–Trinajstić information content (AvgIpc) is 2.89. The summed E-state index contributed by atoms with van der Waals surface area (Å²) >= 11 is 0. The van der Waals surface area contributed by atoms with Crippen LogP contribution in [-0.2, 0) is 17.6 Å². The normalized spacial score (nSPS) is 14.6. The Labute approximate surface area is 230 Å². The number of hydrogen-bond donors (Lipinski definition) is 4. The molecule has 3 aromatic rings. The van der Waals surface area contributed by atoms with Crippen molar-refractivity contribution >= 4 is 12.0 Å². The van der Waals surface area contributed by atoms with E-state index in [4.69, 9.17) is 5.73 Å². The predicted octanol–water partition coefficient (Wildman–Crippen LogP) is 4.12. The van der Waals surface area contributed by atoms with Crippen LogP contribution in [0.5, 0.6) is 0 Å². The lowest BCUT2D eigenvalue weighted by Crippen LogP contribution is -2.58. The molecule has 0 unspecified atom stereocenters. The van der Waals surface area contributed by atoms with Gasteiger partial charge in [-0.1, -0.05) is 81.4 Å². The topological polar surface area (TPSA) is 129 Å². The Bertz CT molecular complexity index is 1200. The van der Waals surface area contributed by atoms with Crippen molar-refractivity contribution in [2.75, 3.05) is 7.05 Å². The third-order valence-electron chi connectivity index (χ3n) is 6.84. The molecule has 1 aromatic heterocycles. The first-order chi connectivity index (χ1) is 18.5. The molecule has 208 valence electrons. The van der Waals surface area contributed by atoms with Gasteiger partial charge in [0.25, 0.3) is 0 Å². The Morgan fingerprint density at radius 1 is 0.949 bits per heavy atom. The molecule has 4 atom stereocenters. The molecule has 0 spiro atoms. The van der Waals surface area contributed by atoms with Crippen molar-refractivity contribution in [3.05, 3.63) is 90.3 Å². The summed E-state index contributed by atoms with van der Waals surface area (Å²) in [5, 5.41) is 23.9. The van der Waals surface area contributed by atoms with Crippen LogP contribution in [0, 0.1) is 5.41 Å². The number of carboxylic acid groups (broad SMARTS) is 1. The number of rotatable bonds is 11. The van der Waals surface area contributed by atoms with Crippen molar-refractivity contribution in [2.45, 2.75) is 64.3 Å². The van der Waals surface area contributed by atoms with Crippen LogP contribution in [0.15, 0.2) is 79.1 Å². The summed E-state index contributed by atoms with van der Waals surface area (Å²) in [5.41, 5.74) is 9.73. The van der Waals surface area contributed by atoms with E-state index in [1.165, 1.54) is 7.05 Å². The Morgan fingerprint density at radius 3 is 2.15 bits per heavy atom. The molecule has 0 aliphatic rings. The smallest absolute Gasteiger partial charge is 0.407 e. The minimum Gasteiger partial charge on any atom is -0.465 e.